The Hall–Kier alpha value is -3.28. The second-order valence-electron chi connectivity index (χ2n) is 5.78. The van der Waals surface area contributed by atoms with Gasteiger partial charge in [0.15, 0.2) is 6.61 Å². The van der Waals surface area contributed by atoms with Gasteiger partial charge >= 0.3 is 0 Å². The van der Waals surface area contributed by atoms with Crippen LogP contribution in [0.3, 0.4) is 0 Å². The maximum absolute atomic E-state index is 13.0. The van der Waals surface area contributed by atoms with Gasteiger partial charge in [-0.15, -0.1) is 0 Å². The Bertz CT molecular complexity index is 880. The fourth-order valence-electron chi connectivity index (χ4n) is 2.30. The summed E-state index contributed by atoms with van der Waals surface area (Å²) in [5.74, 6) is 0.0998. The van der Waals surface area contributed by atoms with Crippen LogP contribution in [0.15, 0.2) is 60.9 Å². The van der Waals surface area contributed by atoms with Gasteiger partial charge in [-0.05, 0) is 49.4 Å². The molecule has 0 bridgehead atoms. The normalized spacial score (nSPS) is 10.4. The molecule has 132 valence electrons. The number of hydrogen-bond acceptors (Lipinski definition) is 4. The van der Waals surface area contributed by atoms with E-state index in [-0.39, 0.29) is 24.9 Å². The van der Waals surface area contributed by atoms with Crippen molar-refractivity contribution in [2.75, 3.05) is 6.61 Å². The van der Waals surface area contributed by atoms with Crippen LogP contribution in [0.2, 0.25) is 0 Å². The van der Waals surface area contributed by atoms with E-state index in [0.29, 0.717) is 17.1 Å². The molecule has 5 nitrogen and oxygen atoms in total. The maximum atomic E-state index is 13.0. The first kappa shape index (κ1) is 17.5. The first-order valence-corrected chi connectivity index (χ1v) is 8.13. The molecule has 1 heterocycles. The molecule has 1 amide bonds. The summed E-state index contributed by atoms with van der Waals surface area (Å²) in [5.41, 5.74) is 3.23. The Balaban J connectivity index is 1.54. The number of benzene rings is 2. The van der Waals surface area contributed by atoms with Crippen LogP contribution in [-0.4, -0.2) is 22.5 Å². The zero-order valence-corrected chi connectivity index (χ0v) is 14.3. The van der Waals surface area contributed by atoms with E-state index < -0.39 is 0 Å². The maximum Gasteiger partial charge on any atom is 0.258 e. The van der Waals surface area contributed by atoms with Crippen molar-refractivity contribution in [2.24, 2.45) is 0 Å². The summed E-state index contributed by atoms with van der Waals surface area (Å²) in [6, 6.07) is 15.3. The van der Waals surface area contributed by atoms with E-state index in [1.165, 1.54) is 18.5 Å². The molecular formula is C20H18FN3O2. The molecule has 3 aromatic rings. The molecule has 1 aromatic heterocycles. The Morgan fingerprint density at radius 3 is 2.54 bits per heavy atom. The number of carbonyl (C=O) groups excluding carboxylic acids is 1. The number of amides is 1. The number of aryl methyl sites for hydroxylation is 1. The summed E-state index contributed by atoms with van der Waals surface area (Å²) in [5, 5.41) is 2.75. The van der Waals surface area contributed by atoms with Crippen molar-refractivity contribution < 1.29 is 13.9 Å². The lowest BCUT2D eigenvalue weighted by Crippen LogP contribution is -2.28. The lowest BCUT2D eigenvalue weighted by atomic mass is 10.1. The van der Waals surface area contributed by atoms with Gasteiger partial charge in [-0.1, -0.05) is 17.7 Å². The van der Waals surface area contributed by atoms with Crippen molar-refractivity contribution in [3.63, 3.8) is 0 Å². The topological polar surface area (TPSA) is 64.1 Å². The van der Waals surface area contributed by atoms with Crippen LogP contribution in [0.25, 0.3) is 11.3 Å². The monoisotopic (exact) mass is 351 g/mol. The van der Waals surface area contributed by atoms with E-state index >= 15 is 0 Å². The van der Waals surface area contributed by atoms with Crippen LogP contribution in [0.4, 0.5) is 4.39 Å². The first-order chi connectivity index (χ1) is 12.6. The summed E-state index contributed by atoms with van der Waals surface area (Å²) in [6.07, 6.45) is 1.42. The Morgan fingerprint density at radius 2 is 1.81 bits per heavy atom. The second-order valence-corrected chi connectivity index (χ2v) is 5.78. The molecular weight excluding hydrogens is 333 g/mol. The van der Waals surface area contributed by atoms with Crippen LogP contribution in [0, 0.1) is 12.7 Å². The standard InChI is InChI=1S/C20H18FN3O2/c1-14-2-8-18(9-3-14)26-12-20(25)22-11-17-10-19(24-13-23-17)15-4-6-16(21)7-5-15/h2-10,13H,11-12H2,1H3,(H,22,25). The average Bonchev–Trinajstić information content (AvgIpc) is 2.67. The highest BCUT2D eigenvalue weighted by atomic mass is 19.1. The Morgan fingerprint density at radius 1 is 1.08 bits per heavy atom. The zero-order valence-electron chi connectivity index (χ0n) is 14.3. The largest absolute Gasteiger partial charge is 0.484 e. The van der Waals surface area contributed by atoms with Crippen molar-refractivity contribution in [2.45, 2.75) is 13.5 Å². The molecule has 0 unspecified atom stereocenters. The number of halogens is 1. The molecule has 0 aliphatic heterocycles. The van der Waals surface area contributed by atoms with E-state index in [1.807, 2.05) is 31.2 Å². The van der Waals surface area contributed by atoms with Gasteiger partial charge < -0.3 is 10.1 Å². The van der Waals surface area contributed by atoms with Crippen molar-refractivity contribution in [1.29, 1.82) is 0 Å². The highest BCUT2D eigenvalue weighted by Gasteiger charge is 2.06. The molecule has 0 radical (unpaired) electrons. The minimum Gasteiger partial charge on any atom is -0.484 e. The summed E-state index contributed by atoms with van der Waals surface area (Å²) in [6.45, 7) is 2.17. The number of aromatic nitrogens is 2. The fraction of sp³-hybridized carbons (Fsp3) is 0.150. The zero-order chi connectivity index (χ0) is 18.4. The second kappa shape index (κ2) is 8.20. The van der Waals surface area contributed by atoms with Crippen LogP contribution in [0.5, 0.6) is 5.75 Å². The highest BCUT2D eigenvalue weighted by molar-refractivity contribution is 5.77. The molecule has 0 saturated heterocycles. The van der Waals surface area contributed by atoms with Gasteiger partial charge in [0, 0.05) is 5.56 Å². The van der Waals surface area contributed by atoms with Gasteiger partial charge in [0.2, 0.25) is 0 Å². The third kappa shape index (κ3) is 4.86. The van der Waals surface area contributed by atoms with Gasteiger partial charge in [-0.3, -0.25) is 4.79 Å². The van der Waals surface area contributed by atoms with Crippen LogP contribution >= 0.6 is 0 Å². The van der Waals surface area contributed by atoms with E-state index in [4.69, 9.17) is 4.74 Å². The lowest BCUT2D eigenvalue weighted by Gasteiger charge is -2.08. The van der Waals surface area contributed by atoms with E-state index in [2.05, 4.69) is 15.3 Å². The molecule has 0 atom stereocenters. The number of hydrogen-bond donors (Lipinski definition) is 1. The van der Waals surface area contributed by atoms with Crippen molar-refractivity contribution in [3.05, 3.63) is 78.0 Å². The molecule has 0 aliphatic carbocycles. The first-order valence-electron chi connectivity index (χ1n) is 8.13. The third-order valence-electron chi connectivity index (χ3n) is 3.72. The van der Waals surface area contributed by atoms with E-state index in [9.17, 15) is 9.18 Å². The quantitative estimate of drug-likeness (QED) is 0.740. The minimum absolute atomic E-state index is 0.0705. The molecule has 26 heavy (non-hydrogen) atoms. The van der Waals surface area contributed by atoms with Crippen LogP contribution in [-0.2, 0) is 11.3 Å². The number of nitrogens with zero attached hydrogens (tertiary/aromatic N) is 2. The summed E-state index contributed by atoms with van der Waals surface area (Å²) >= 11 is 0. The molecule has 0 saturated carbocycles. The van der Waals surface area contributed by atoms with Crippen molar-refractivity contribution in [3.8, 4) is 17.0 Å². The Labute approximate surface area is 150 Å². The molecule has 0 spiro atoms. The number of rotatable bonds is 6. The highest BCUT2D eigenvalue weighted by Crippen LogP contribution is 2.17. The van der Waals surface area contributed by atoms with Crippen molar-refractivity contribution >= 4 is 5.91 Å². The molecule has 6 heteroatoms. The lowest BCUT2D eigenvalue weighted by molar-refractivity contribution is -0.123. The molecule has 0 fully saturated rings. The number of ether oxygens (including phenoxy) is 1. The number of carbonyl (C=O) groups is 1. The minimum atomic E-state index is -0.302. The molecule has 3 rings (SSSR count). The van der Waals surface area contributed by atoms with E-state index in [1.54, 1.807) is 18.2 Å². The summed E-state index contributed by atoms with van der Waals surface area (Å²) < 4.78 is 18.4. The van der Waals surface area contributed by atoms with Gasteiger partial charge in [-0.25, -0.2) is 14.4 Å². The predicted octanol–water partition coefficient (Wildman–Crippen LogP) is 3.29. The third-order valence-corrected chi connectivity index (χ3v) is 3.72. The molecule has 2 aromatic carbocycles. The van der Waals surface area contributed by atoms with Crippen molar-refractivity contribution in [1.82, 2.24) is 15.3 Å². The van der Waals surface area contributed by atoms with Gasteiger partial charge in [0.1, 0.15) is 17.9 Å². The van der Waals surface area contributed by atoms with E-state index in [0.717, 1.165) is 11.1 Å². The van der Waals surface area contributed by atoms with Gasteiger partial charge in [-0.2, -0.15) is 0 Å². The number of nitrogens with one attached hydrogen (secondary N) is 1. The Kier molecular flexibility index (Phi) is 5.53. The fourth-order valence-corrected chi connectivity index (χ4v) is 2.30. The predicted molar refractivity (Wildman–Crippen MR) is 95.9 cm³/mol. The smallest absolute Gasteiger partial charge is 0.258 e. The SMILES string of the molecule is Cc1ccc(OCC(=O)NCc2cc(-c3ccc(F)cc3)ncn2)cc1. The van der Waals surface area contributed by atoms with Gasteiger partial charge in [0.25, 0.3) is 5.91 Å². The molecule has 0 aliphatic rings. The summed E-state index contributed by atoms with van der Waals surface area (Å²) in [7, 11) is 0. The summed E-state index contributed by atoms with van der Waals surface area (Å²) in [4.78, 5) is 20.2. The van der Waals surface area contributed by atoms with Crippen LogP contribution < -0.4 is 10.1 Å². The molecule has 1 N–H and O–H groups in total. The van der Waals surface area contributed by atoms with Crippen LogP contribution in [0.1, 0.15) is 11.3 Å². The van der Waals surface area contributed by atoms with Gasteiger partial charge in [0.05, 0.1) is 17.9 Å². The average molecular weight is 351 g/mol.